The van der Waals surface area contributed by atoms with Crippen molar-refractivity contribution in [3.8, 4) is 0 Å². The maximum absolute atomic E-state index is 11.9. The molecule has 2 rings (SSSR count). The van der Waals surface area contributed by atoms with E-state index in [1.165, 1.54) is 18.4 Å². The van der Waals surface area contributed by atoms with E-state index in [1.807, 2.05) is 0 Å². The third-order valence-corrected chi connectivity index (χ3v) is 3.02. The summed E-state index contributed by atoms with van der Waals surface area (Å²) in [4.78, 5) is 11.9. The molecular weight excluding hydrogens is 277 g/mol. The molecule has 1 heterocycles. The maximum Gasteiger partial charge on any atom is 0.253 e. The predicted octanol–water partition coefficient (Wildman–Crippen LogP) is 2.49. The molecule has 0 saturated carbocycles. The van der Waals surface area contributed by atoms with E-state index in [0.29, 0.717) is 11.4 Å². The first kappa shape index (κ1) is 12.7. The molecule has 1 aromatic heterocycles. The van der Waals surface area contributed by atoms with Crippen LogP contribution < -0.4 is 11.1 Å². The molecule has 0 radical (unpaired) electrons. The van der Waals surface area contributed by atoms with E-state index in [4.69, 9.17) is 28.9 Å². The van der Waals surface area contributed by atoms with Gasteiger partial charge in [-0.15, -0.1) is 0 Å². The summed E-state index contributed by atoms with van der Waals surface area (Å²) in [5.74, 6) is -0.378. The number of amides is 1. The number of nitrogens with zero attached hydrogens (tertiary/aromatic N) is 1. The van der Waals surface area contributed by atoms with Crippen molar-refractivity contribution in [3.63, 3.8) is 0 Å². The zero-order valence-corrected chi connectivity index (χ0v) is 10.6. The first-order chi connectivity index (χ1) is 8.58. The number of benzene rings is 1. The number of aromatic nitrogens is 1. The Hall–Kier alpha value is -1.72. The number of halogens is 2. The minimum atomic E-state index is -0.378. The van der Waals surface area contributed by atoms with Crippen molar-refractivity contribution < 1.29 is 9.32 Å². The van der Waals surface area contributed by atoms with Gasteiger partial charge in [-0.25, -0.2) is 0 Å². The molecule has 3 N–H and O–H groups in total. The number of hydrogen-bond acceptors (Lipinski definition) is 4. The highest BCUT2D eigenvalue weighted by Gasteiger charge is 2.14. The van der Waals surface area contributed by atoms with Crippen molar-refractivity contribution in [3.05, 3.63) is 45.8 Å². The summed E-state index contributed by atoms with van der Waals surface area (Å²) >= 11 is 11.8. The number of anilines is 1. The van der Waals surface area contributed by atoms with Crippen LogP contribution in [0.15, 0.2) is 29.0 Å². The molecule has 1 amide bonds. The van der Waals surface area contributed by atoms with Gasteiger partial charge in [0.2, 0.25) is 0 Å². The van der Waals surface area contributed by atoms with Crippen LogP contribution in [0.5, 0.6) is 0 Å². The van der Waals surface area contributed by atoms with Gasteiger partial charge in [0.15, 0.2) is 0 Å². The van der Waals surface area contributed by atoms with Gasteiger partial charge in [0.05, 0.1) is 22.2 Å². The minimum absolute atomic E-state index is 0.170. The van der Waals surface area contributed by atoms with E-state index in [9.17, 15) is 4.79 Å². The fourth-order valence-corrected chi connectivity index (χ4v) is 1.79. The van der Waals surface area contributed by atoms with Crippen LogP contribution in [0.2, 0.25) is 10.0 Å². The molecule has 94 valence electrons. The number of nitrogens with two attached hydrogens (primary N) is 1. The summed E-state index contributed by atoms with van der Waals surface area (Å²) < 4.78 is 4.65. The molecule has 0 bridgehead atoms. The first-order valence-corrected chi connectivity index (χ1v) is 5.75. The largest absolute Gasteiger partial charge is 0.399 e. The van der Waals surface area contributed by atoms with Crippen molar-refractivity contribution in [1.29, 1.82) is 0 Å². The van der Waals surface area contributed by atoms with E-state index in [2.05, 4.69) is 15.0 Å². The van der Waals surface area contributed by atoms with Gasteiger partial charge in [0.25, 0.3) is 5.91 Å². The number of rotatable bonds is 3. The number of carbonyl (C=O) groups excluding carboxylic acids is 1. The van der Waals surface area contributed by atoms with Crippen molar-refractivity contribution in [1.82, 2.24) is 10.5 Å². The lowest BCUT2D eigenvalue weighted by atomic mass is 10.2. The molecule has 0 unspecified atom stereocenters. The highest BCUT2D eigenvalue weighted by Crippen LogP contribution is 2.28. The van der Waals surface area contributed by atoms with Crippen LogP contribution in [0.25, 0.3) is 0 Å². The highest BCUT2D eigenvalue weighted by atomic mass is 35.5. The summed E-state index contributed by atoms with van der Waals surface area (Å²) in [7, 11) is 0. The molecular formula is C11H9Cl2N3O2. The molecule has 5 nitrogen and oxygen atoms in total. The van der Waals surface area contributed by atoms with Crippen molar-refractivity contribution in [2.24, 2.45) is 0 Å². The Morgan fingerprint density at radius 1 is 1.44 bits per heavy atom. The van der Waals surface area contributed by atoms with Gasteiger partial charge < -0.3 is 15.6 Å². The van der Waals surface area contributed by atoms with Gasteiger partial charge in [-0.3, -0.25) is 4.79 Å². The van der Waals surface area contributed by atoms with Gasteiger partial charge in [0, 0.05) is 11.8 Å². The smallest absolute Gasteiger partial charge is 0.253 e. The van der Waals surface area contributed by atoms with Gasteiger partial charge in [-0.1, -0.05) is 28.4 Å². The lowest BCUT2D eigenvalue weighted by Crippen LogP contribution is -2.23. The monoisotopic (exact) mass is 285 g/mol. The van der Waals surface area contributed by atoms with Crippen LogP contribution in [0.1, 0.15) is 16.1 Å². The Bertz CT molecular complexity index is 570. The third kappa shape index (κ3) is 2.75. The SMILES string of the molecule is Nc1cc(Cl)c(Cl)c(C(=O)NCc2ccon2)c1. The topological polar surface area (TPSA) is 81.2 Å². The molecule has 0 fully saturated rings. The van der Waals surface area contributed by atoms with Gasteiger partial charge >= 0.3 is 0 Å². The highest BCUT2D eigenvalue weighted by molar-refractivity contribution is 6.44. The summed E-state index contributed by atoms with van der Waals surface area (Å²) in [5.41, 5.74) is 6.81. The molecule has 0 spiro atoms. The van der Waals surface area contributed by atoms with Crippen LogP contribution >= 0.6 is 23.2 Å². The van der Waals surface area contributed by atoms with Gasteiger partial charge in [0.1, 0.15) is 12.0 Å². The normalized spacial score (nSPS) is 10.3. The zero-order valence-electron chi connectivity index (χ0n) is 9.11. The Kier molecular flexibility index (Phi) is 3.74. The quantitative estimate of drug-likeness (QED) is 0.849. The van der Waals surface area contributed by atoms with Gasteiger partial charge in [-0.05, 0) is 12.1 Å². The Labute approximate surface area is 113 Å². The van der Waals surface area contributed by atoms with E-state index in [-0.39, 0.29) is 28.1 Å². The summed E-state index contributed by atoms with van der Waals surface area (Å²) in [6.45, 7) is 0.234. The number of hydrogen-bond donors (Lipinski definition) is 2. The molecule has 0 aliphatic carbocycles. The molecule has 1 aromatic carbocycles. The number of nitrogen functional groups attached to an aromatic ring is 1. The average Bonchev–Trinajstić information content (AvgIpc) is 2.83. The fourth-order valence-electron chi connectivity index (χ4n) is 1.37. The van der Waals surface area contributed by atoms with Crippen LogP contribution in [-0.4, -0.2) is 11.1 Å². The predicted molar refractivity (Wildman–Crippen MR) is 68.5 cm³/mol. The standard InChI is InChI=1S/C11H9Cl2N3O2/c12-9-4-6(14)3-8(10(9)13)11(17)15-5-7-1-2-18-16-7/h1-4H,5,14H2,(H,15,17). The second-order valence-corrected chi connectivity index (χ2v) is 4.32. The first-order valence-electron chi connectivity index (χ1n) is 5.00. The van der Waals surface area contributed by atoms with E-state index >= 15 is 0 Å². The van der Waals surface area contributed by atoms with Crippen LogP contribution in [0.3, 0.4) is 0 Å². The lowest BCUT2D eigenvalue weighted by Gasteiger charge is -2.07. The zero-order chi connectivity index (χ0) is 13.1. The van der Waals surface area contributed by atoms with Crippen molar-refractivity contribution >= 4 is 34.8 Å². The molecule has 0 atom stereocenters. The summed E-state index contributed by atoms with van der Waals surface area (Å²) in [6.07, 6.45) is 1.42. The summed E-state index contributed by atoms with van der Waals surface area (Å²) in [6, 6.07) is 4.60. The van der Waals surface area contributed by atoms with Crippen LogP contribution in [-0.2, 0) is 6.54 Å². The lowest BCUT2D eigenvalue weighted by molar-refractivity contribution is 0.0950. The van der Waals surface area contributed by atoms with Crippen molar-refractivity contribution in [2.75, 3.05) is 5.73 Å². The van der Waals surface area contributed by atoms with Crippen LogP contribution in [0.4, 0.5) is 5.69 Å². The second-order valence-electron chi connectivity index (χ2n) is 3.54. The fraction of sp³-hybridized carbons (Fsp3) is 0.0909. The number of carbonyl (C=O) groups is 1. The molecule has 0 aliphatic rings. The third-order valence-electron chi connectivity index (χ3n) is 2.22. The molecule has 0 saturated heterocycles. The Morgan fingerprint density at radius 3 is 2.89 bits per heavy atom. The number of nitrogens with one attached hydrogen (secondary N) is 1. The van der Waals surface area contributed by atoms with Crippen LogP contribution in [0, 0.1) is 0 Å². The van der Waals surface area contributed by atoms with E-state index < -0.39 is 0 Å². The molecule has 0 aliphatic heterocycles. The minimum Gasteiger partial charge on any atom is -0.399 e. The Morgan fingerprint density at radius 2 is 2.22 bits per heavy atom. The van der Waals surface area contributed by atoms with Gasteiger partial charge in [-0.2, -0.15) is 0 Å². The van der Waals surface area contributed by atoms with E-state index in [1.54, 1.807) is 6.07 Å². The second kappa shape index (κ2) is 5.29. The average molecular weight is 286 g/mol. The molecule has 7 heteroatoms. The molecule has 2 aromatic rings. The Balaban J connectivity index is 2.14. The summed E-state index contributed by atoms with van der Waals surface area (Å²) in [5, 5.41) is 6.71. The van der Waals surface area contributed by atoms with E-state index in [0.717, 1.165) is 0 Å². The maximum atomic E-state index is 11.9. The molecule has 18 heavy (non-hydrogen) atoms. The van der Waals surface area contributed by atoms with Crippen molar-refractivity contribution in [2.45, 2.75) is 6.54 Å².